The molecule has 716 valence electrons. The minimum atomic E-state index is -0.598. The highest BCUT2D eigenvalue weighted by atomic mass is 14.7. The number of hydrogen-bond donors (Lipinski definition) is 0. The molecule has 0 amide bonds. The summed E-state index contributed by atoms with van der Waals surface area (Å²) in [6, 6.07) is 47.6. The molecule has 0 aromatic carbocycles. The molecule has 10 unspecified atom stereocenters. The van der Waals surface area contributed by atoms with Crippen LogP contribution in [0.3, 0.4) is 0 Å². The summed E-state index contributed by atoms with van der Waals surface area (Å²) in [4.78, 5) is 43.6. The summed E-state index contributed by atoms with van der Waals surface area (Å²) in [5, 5.41) is 199. The van der Waals surface area contributed by atoms with Crippen molar-refractivity contribution < 1.29 is 0 Å². The first-order chi connectivity index (χ1) is 68.0. The lowest BCUT2D eigenvalue weighted by Crippen LogP contribution is -2.08. The van der Waals surface area contributed by atoms with Crippen molar-refractivity contribution in [3.63, 3.8) is 0 Å². The maximum Gasteiger partial charge on any atom is 0.231 e. The van der Waals surface area contributed by atoms with Gasteiger partial charge in [-0.2, -0.15) is 126 Å². The molecular weight excluding hydrogens is 1760 g/mol. The summed E-state index contributed by atoms with van der Waals surface area (Å²) in [5.41, 5.74) is 0. The van der Waals surface area contributed by atoms with E-state index in [1.807, 2.05) is 97.1 Å². The van der Waals surface area contributed by atoms with Crippen LogP contribution >= 0.6 is 0 Å². The Morgan fingerprint density at radius 1 is 0.171 bits per heavy atom. The molecule has 0 spiro atoms. The number of hydrogen-bond acceptors (Lipinski definition) is 24. The maximum absolute atomic E-state index is 8.72. The fraction of sp³-hybridized carbons (Fsp3) is 0.627. The molecule has 0 radical (unpaired) electrons. The molecular formula is C102H118N38. The predicted octanol–water partition coefficient (Wildman–Crippen LogP) is 22.9. The van der Waals surface area contributed by atoms with Crippen molar-refractivity contribution in [2.24, 2.45) is 65.1 Å². The third-order valence-corrected chi connectivity index (χ3v) is 16.4. The van der Waals surface area contributed by atoms with Gasteiger partial charge >= 0.3 is 0 Å². The molecule has 0 N–H and O–H groups in total. The van der Waals surface area contributed by atoms with Gasteiger partial charge in [-0.3, -0.25) is 0 Å². The Morgan fingerprint density at radius 2 is 0.443 bits per heavy atom. The van der Waals surface area contributed by atoms with E-state index in [0.29, 0.717) is 193 Å². The van der Waals surface area contributed by atoms with Gasteiger partial charge in [-0.15, -0.1) is 0 Å². The molecule has 0 heterocycles. The minimum absolute atomic E-state index is 0.0348. The normalized spacial score (nSPS) is 9.89. The van der Waals surface area contributed by atoms with Crippen molar-refractivity contribution in [1.29, 1.82) is 126 Å². The molecule has 0 bridgehead atoms. The molecule has 38 heteroatoms. The van der Waals surface area contributed by atoms with Gasteiger partial charge in [0.15, 0.2) is 0 Å². The molecule has 140 heavy (non-hydrogen) atoms. The monoisotopic (exact) mass is 1880 g/mol. The van der Waals surface area contributed by atoms with Gasteiger partial charge < -0.3 is 67.8 Å². The van der Waals surface area contributed by atoms with Crippen molar-refractivity contribution in [3.8, 4) is 146 Å². The molecule has 0 aliphatic heterocycles. The van der Waals surface area contributed by atoms with E-state index in [9.17, 15) is 0 Å². The summed E-state index contributed by atoms with van der Waals surface area (Å²) in [6.07, 6.45) is 25.1. The van der Waals surface area contributed by atoms with Crippen LogP contribution in [0.2, 0.25) is 0 Å². The average molecular weight is 1880 g/mol. The topological polar surface area (TPSA) is 632 Å². The fourth-order valence-corrected chi connectivity index (χ4v) is 8.72. The smallest absolute Gasteiger partial charge is 0.231 e. The van der Waals surface area contributed by atoms with Gasteiger partial charge in [-0.25, -0.2) is 92.0 Å². The van der Waals surface area contributed by atoms with Gasteiger partial charge in [0.2, 0.25) is 91.6 Å². The summed E-state index contributed by atoms with van der Waals surface area (Å²) < 4.78 is 0. The Kier molecular flexibility index (Phi) is 170. The van der Waals surface area contributed by atoms with E-state index in [-0.39, 0.29) is 92.9 Å². The van der Waals surface area contributed by atoms with Gasteiger partial charge in [-0.05, 0) is 95.8 Å². The summed E-state index contributed by atoms with van der Waals surface area (Å²) >= 11 is 0. The highest BCUT2D eigenvalue weighted by Gasteiger charge is 2.19. The zero-order valence-electron chi connectivity index (χ0n) is 80.1. The molecule has 0 aromatic heterocycles. The third-order valence-electron chi connectivity index (χ3n) is 16.4. The van der Waals surface area contributed by atoms with Crippen molar-refractivity contribution >= 4 is 0 Å². The maximum atomic E-state index is 8.72. The standard InChI is InChI=1S/C10H10N4.C10H16N2.2C9H11N3.2C8H9N3.2C7H7N3.C7H10N2.2C6H5N3.C6H8N2.C5H6N2.C4H4N2/c1-14-8-10(7-13)5-9(6-12)3-2-4-11;1-3-4-5-10(6-8-11)7-9-12-2;1-12-7-5-9(8-11)4-2-3-6-10;1-12-8-9(7-11)5-3-2-4-6-10;1-11-6-4-8(7-10)3-2-5-9;1-11-7-8(6-10)4-2-3-5-9;1-10-5-3-7(6-9)2-4-8;1-10-6-7(5-9)3-2-4-8;1-9-7-5-3-2-4-6-8;1-9-3-2-6(4-7)5-8;1-9-5-6(4-8)2-3-7;1-8-6-4-2-3-5-7;1-7-5-3-2-4-6;1-6-4-2-3-5/h9-10H,2-3,5,8H2;10H,3-7,9H2,1H3;9H,2-5,7H2;9H,2-5,8H2;8H,2-4,6H2;8H,2-4,7H2;7H,2-3,5H2;7H,2-3,6H2;2-5,7H2;6H,2-3H2;6H,2,5H2;2-4,6H2;2-3,5H2;2,4H2. The van der Waals surface area contributed by atoms with E-state index in [0.717, 1.165) is 89.9 Å². The van der Waals surface area contributed by atoms with Crippen molar-refractivity contribution in [3.05, 3.63) is 160 Å². The molecule has 0 rings (SSSR count). The van der Waals surface area contributed by atoms with Gasteiger partial charge in [0.25, 0.3) is 0 Å². The van der Waals surface area contributed by atoms with E-state index < -0.39 is 11.8 Å². The summed E-state index contributed by atoms with van der Waals surface area (Å²) in [7, 11) is 0. The lowest BCUT2D eigenvalue weighted by Gasteiger charge is -2.08. The Bertz CT molecular complexity index is 4790. The quantitative estimate of drug-likeness (QED) is 0.0403. The zero-order valence-corrected chi connectivity index (χ0v) is 80.1. The zero-order chi connectivity index (χ0) is 109. The van der Waals surface area contributed by atoms with Crippen molar-refractivity contribution in [2.75, 3.05) is 91.6 Å². The lowest BCUT2D eigenvalue weighted by molar-refractivity contribution is 0.456. The number of nitriles is 24. The summed E-state index contributed by atoms with van der Waals surface area (Å²) in [5.74, 6) is -2.15. The molecule has 0 aliphatic carbocycles. The molecule has 0 aromatic rings. The van der Waals surface area contributed by atoms with Crippen LogP contribution in [-0.2, 0) is 0 Å². The van der Waals surface area contributed by atoms with Crippen LogP contribution in [0, 0.1) is 429 Å². The van der Waals surface area contributed by atoms with E-state index in [2.05, 4.69) is 111 Å². The van der Waals surface area contributed by atoms with E-state index in [1.54, 1.807) is 12.1 Å². The van der Waals surface area contributed by atoms with Gasteiger partial charge in [0, 0.05) is 121 Å². The van der Waals surface area contributed by atoms with Crippen LogP contribution in [0.4, 0.5) is 0 Å². The predicted molar refractivity (Wildman–Crippen MR) is 515 cm³/mol. The molecule has 0 saturated heterocycles. The van der Waals surface area contributed by atoms with E-state index >= 15 is 0 Å². The number of unbranched alkanes of at least 4 members (excludes halogenated alkanes) is 11. The van der Waals surface area contributed by atoms with E-state index in [1.165, 1.54) is 12.8 Å². The molecule has 0 saturated carbocycles. The van der Waals surface area contributed by atoms with Crippen LogP contribution in [0.15, 0.2) is 0 Å². The Morgan fingerprint density at radius 3 is 0.786 bits per heavy atom. The van der Waals surface area contributed by atoms with Crippen LogP contribution < -0.4 is 0 Å². The molecule has 10 atom stereocenters. The molecule has 0 aliphatic rings. The second-order valence-electron chi connectivity index (χ2n) is 27.5. The molecule has 0 fully saturated rings. The first-order valence-corrected chi connectivity index (χ1v) is 43.9. The number of nitrogens with zero attached hydrogens (tertiary/aromatic N) is 38. The van der Waals surface area contributed by atoms with Gasteiger partial charge in [-0.1, -0.05) is 26.2 Å². The van der Waals surface area contributed by atoms with Crippen LogP contribution in [-0.4, -0.2) is 91.6 Å². The largest absolute Gasteiger partial charge is 0.317 e. The van der Waals surface area contributed by atoms with Gasteiger partial charge in [0.1, 0.15) is 41.9 Å². The third kappa shape index (κ3) is 162. The Labute approximate surface area is 835 Å². The van der Waals surface area contributed by atoms with Crippen molar-refractivity contribution in [2.45, 2.75) is 251 Å². The summed E-state index contributed by atoms with van der Waals surface area (Å²) in [6.45, 7) is 97.6. The first kappa shape index (κ1) is 152. The minimum Gasteiger partial charge on any atom is -0.317 e. The van der Waals surface area contributed by atoms with Crippen LogP contribution in [0.5, 0.6) is 0 Å². The van der Waals surface area contributed by atoms with Crippen molar-refractivity contribution in [1.82, 2.24) is 0 Å². The SMILES string of the molecule is [C-]#[N+]CC(C#N)CC#N.[C-]#[N+]CC(C#N)CC(C#N)CCC#N.[C-]#[N+]CC(C#N)CCC#N.[C-]#[N+]CC(C#N)CCCC#N.[C-]#[N+]CC(C#N)CCCCC#N.[C-]#[N+]CCC#N.[C-]#[N+]CCC(C#N)C#N.[C-]#[N+]CCC(C#N)CC#N.[C-]#[N+]CCC(C#N)CCC#N.[C-]#[N+]CCC(C#N)CCCC#N.[C-]#[N+]CCC(CC#N)CCCC.[C-]#[N+]CCCC#N.[C-]#[N+]CCCCC#N.[C-]#[N+]CCCCCC#N. The first-order valence-electron chi connectivity index (χ1n) is 43.9. The second kappa shape index (κ2) is 157. The average Bonchev–Trinajstić information content (AvgIpc) is 0.960. The van der Waals surface area contributed by atoms with Crippen LogP contribution in [0.1, 0.15) is 251 Å². The Balaban J connectivity index is -0.000000102. The molecule has 38 nitrogen and oxygen atoms in total. The highest BCUT2D eigenvalue weighted by Crippen LogP contribution is 2.19. The number of rotatable bonds is 49. The highest BCUT2D eigenvalue weighted by molar-refractivity contribution is 5.01. The second-order valence-corrected chi connectivity index (χ2v) is 27.5. The van der Waals surface area contributed by atoms with E-state index in [4.69, 9.17) is 218 Å². The Hall–Kier alpha value is -19.4. The lowest BCUT2D eigenvalue weighted by atomic mass is 9.93. The van der Waals surface area contributed by atoms with Crippen LogP contribution in [0.25, 0.3) is 67.8 Å². The van der Waals surface area contributed by atoms with Gasteiger partial charge in [0.05, 0.1) is 176 Å². The fourth-order valence-electron chi connectivity index (χ4n) is 8.72.